The molecule has 0 bridgehead atoms. The SMILES string of the molecule is C=C1CC(C)CC(CC[C@H](NC(=O)c2ccc3ccccc3c2OCc2ccc(OC(F)(F)F)cc2)C(=O)O)C1. The number of aliphatic carboxylic acids is 1. The van der Waals surface area contributed by atoms with Crippen molar-refractivity contribution in [1.29, 1.82) is 0 Å². The molecule has 0 heterocycles. The highest BCUT2D eigenvalue weighted by molar-refractivity contribution is 6.04. The fourth-order valence-corrected chi connectivity index (χ4v) is 5.36. The van der Waals surface area contributed by atoms with Crippen LogP contribution in [0.3, 0.4) is 0 Å². The summed E-state index contributed by atoms with van der Waals surface area (Å²) in [5, 5.41) is 14.0. The van der Waals surface area contributed by atoms with Crippen LogP contribution in [0.1, 0.15) is 54.9 Å². The number of hydrogen-bond acceptors (Lipinski definition) is 4. The molecule has 40 heavy (non-hydrogen) atoms. The molecule has 1 amide bonds. The van der Waals surface area contributed by atoms with Crippen LogP contribution < -0.4 is 14.8 Å². The second kappa shape index (κ2) is 12.4. The van der Waals surface area contributed by atoms with E-state index in [4.69, 9.17) is 4.74 Å². The molecular formula is C31H32F3NO5. The Labute approximate surface area is 230 Å². The van der Waals surface area contributed by atoms with Crippen LogP contribution in [0.5, 0.6) is 11.5 Å². The van der Waals surface area contributed by atoms with Crippen LogP contribution in [0.4, 0.5) is 13.2 Å². The van der Waals surface area contributed by atoms with Crippen molar-refractivity contribution in [1.82, 2.24) is 5.32 Å². The lowest BCUT2D eigenvalue weighted by molar-refractivity contribution is -0.274. The first kappa shape index (κ1) is 29.0. The predicted molar refractivity (Wildman–Crippen MR) is 145 cm³/mol. The Morgan fingerprint density at radius 1 is 1.07 bits per heavy atom. The second-order valence-electron chi connectivity index (χ2n) is 10.5. The van der Waals surface area contributed by atoms with Crippen LogP contribution in [0.2, 0.25) is 0 Å². The zero-order valence-corrected chi connectivity index (χ0v) is 22.2. The average molecular weight is 556 g/mol. The van der Waals surface area contributed by atoms with Gasteiger partial charge in [-0.2, -0.15) is 0 Å². The molecule has 0 spiro atoms. The molecule has 3 aromatic rings. The first-order valence-corrected chi connectivity index (χ1v) is 13.2. The molecule has 4 rings (SSSR count). The van der Waals surface area contributed by atoms with E-state index in [9.17, 15) is 27.9 Å². The number of hydrogen-bond donors (Lipinski definition) is 2. The molecule has 3 aromatic carbocycles. The van der Waals surface area contributed by atoms with Crippen molar-refractivity contribution in [2.45, 2.75) is 58.0 Å². The van der Waals surface area contributed by atoms with Crippen molar-refractivity contribution in [3.05, 3.63) is 83.9 Å². The van der Waals surface area contributed by atoms with Gasteiger partial charge in [-0.15, -0.1) is 13.2 Å². The summed E-state index contributed by atoms with van der Waals surface area (Å²) < 4.78 is 47.4. The van der Waals surface area contributed by atoms with Gasteiger partial charge in [0.25, 0.3) is 5.91 Å². The fraction of sp³-hybridized carbons (Fsp3) is 0.355. The highest BCUT2D eigenvalue weighted by Gasteiger charge is 2.31. The topological polar surface area (TPSA) is 84.9 Å². The average Bonchev–Trinajstić information content (AvgIpc) is 2.88. The number of halogens is 3. The van der Waals surface area contributed by atoms with E-state index in [0.29, 0.717) is 35.6 Å². The van der Waals surface area contributed by atoms with Crippen molar-refractivity contribution < 1.29 is 37.3 Å². The molecule has 212 valence electrons. The van der Waals surface area contributed by atoms with Crippen LogP contribution in [0, 0.1) is 11.8 Å². The molecule has 1 aliphatic rings. The van der Waals surface area contributed by atoms with Crippen molar-refractivity contribution in [2.75, 3.05) is 0 Å². The van der Waals surface area contributed by atoms with Crippen molar-refractivity contribution in [3.63, 3.8) is 0 Å². The number of carbonyl (C=O) groups is 2. The van der Waals surface area contributed by atoms with Gasteiger partial charge >= 0.3 is 12.3 Å². The number of carboxylic acids is 1. The van der Waals surface area contributed by atoms with Gasteiger partial charge in [-0.1, -0.05) is 61.5 Å². The number of benzene rings is 3. The minimum Gasteiger partial charge on any atom is -0.487 e. The van der Waals surface area contributed by atoms with E-state index in [2.05, 4.69) is 23.6 Å². The van der Waals surface area contributed by atoms with Gasteiger partial charge in [0.2, 0.25) is 0 Å². The summed E-state index contributed by atoms with van der Waals surface area (Å²) in [7, 11) is 0. The van der Waals surface area contributed by atoms with Gasteiger partial charge in [0.1, 0.15) is 24.1 Å². The monoisotopic (exact) mass is 555 g/mol. The maximum Gasteiger partial charge on any atom is 0.573 e. The molecule has 1 fully saturated rings. The first-order chi connectivity index (χ1) is 19.0. The summed E-state index contributed by atoms with van der Waals surface area (Å²) in [6.45, 7) is 6.24. The fourth-order valence-electron chi connectivity index (χ4n) is 5.36. The summed E-state index contributed by atoms with van der Waals surface area (Å²) in [6.07, 6.45) is -0.967. The number of amides is 1. The molecule has 2 N–H and O–H groups in total. The minimum atomic E-state index is -4.79. The normalized spacial score (nSPS) is 18.2. The van der Waals surface area contributed by atoms with Crippen molar-refractivity contribution in [2.24, 2.45) is 11.8 Å². The molecule has 0 aromatic heterocycles. The maximum absolute atomic E-state index is 13.4. The summed E-state index contributed by atoms with van der Waals surface area (Å²) in [5.74, 6) is -0.942. The number of ether oxygens (including phenoxy) is 2. The summed E-state index contributed by atoms with van der Waals surface area (Å²) in [6, 6.07) is 14.8. The van der Waals surface area contributed by atoms with Crippen LogP contribution >= 0.6 is 0 Å². The zero-order chi connectivity index (χ0) is 28.9. The predicted octanol–water partition coefficient (Wildman–Crippen LogP) is 7.27. The number of nitrogens with one attached hydrogen (secondary N) is 1. The van der Waals surface area contributed by atoms with Crippen LogP contribution in [-0.4, -0.2) is 29.4 Å². The highest BCUT2D eigenvalue weighted by Crippen LogP contribution is 2.35. The molecule has 1 saturated carbocycles. The number of fused-ring (bicyclic) bond motifs is 1. The second-order valence-corrected chi connectivity index (χ2v) is 10.5. The lowest BCUT2D eigenvalue weighted by atomic mass is 9.77. The van der Waals surface area contributed by atoms with Gasteiger partial charge in [0.15, 0.2) is 0 Å². The third-order valence-electron chi connectivity index (χ3n) is 7.08. The standard InChI is InChI=1S/C31H32F3NO5/c1-19-15-20(2)17-22(16-19)9-14-27(30(37)38)35-29(36)26-13-10-23-5-3-4-6-25(23)28(26)39-18-21-7-11-24(12-8-21)40-31(32,33)34/h3-8,10-13,20,22,27H,1,9,14-18H2,2H3,(H,35,36)(H,37,38)/t20?,22?,27-/m0/s1. The highest BCUT2D eigenvalue weighted by atomic mass is 19.4. The first-order valence-electron chi connectivity index (χ1n) is 13.2. The quantitative estimate of drug-likeness (QED) is 0.257. The lowest BCUT2D eigenvalue weighted by Crippen LogP contribution is -2.41. The largest absolute Gasteiger partial charge is 0.573 e. The molecule has 0 aliphatic heterocycles. The van der Waals surface area contributed by atoms with Gasteiger partial charge in [0, 0.05) is 5.39 Å². The Morgan fingerprint density at radius 3 is 2.48 bits per heavy atom. The summed E-state index contributed by atoms with van der Waals surface area (Å²) >= 11 is 0. The third-order valence-corrected chi connectivity index (χ3v) is 7.08. The lowest BCUT2D eigenvalue weighted by Gasteiger charge is -2.29. The molecule has 2 unspecified atom stereocenters. The third kappa shape index (κ3) is 7.77. The Balaban J connectivity index is 1.50. The van der Waals surface area contributed by atoms with Gasteiger partial charge in [0.05, 0.1) is 5.56 Å². The van der Waals surface area contributed by atoms with E-state index >= 15 is 0 Å². The number of carbonyl (C=O) groups excluding carboxylic acids is 1. The van der Waals surface area contributed by atoms with Gasteiger partial charge in [-0.3, -0.25) is 4.79 Å². The van der Waals surface area contributed by atoms with Crippen LogP contribution in [0.15, 0.2) is 72.8 Å². The van der Waals surface area contributed by atoms with Gasteiger partial charge < -0.3 is 19.9 Å². The Bertz CT molecular complexity index is 1370. The molecule has 3 atom stereocenters. The van der Waals surface area contributed by atoms with Gasteiger partial charge in [-0.05, 0) is 73.1 Å². The zero-order valence-electron chi connectivity index (χ0n) is 22.2. The van der Waals surface area contributed by atoms with E-state index in [1.165, 1.54) is 29.8 Å². The number of rotatable bonds is 10. The molecule has 9 heteroatoms. The van der Waals surface area contributed by atoms with Crippen molar-refractivity contribution in [3.8, 4) is 11.5 Å². The minimum absolute atomic E-state index is 0.0350. The summed E-state index contributed by atoms with van der Waals surface area (Å²) in [5.41, 5.74) is 1.90. The van der Waals surface area contributed by atoms with Crippen LogP contribution in [0.25, 0.3) is 10.8 Å². The molecule has 6 nitrogen and oxygen atoms in total. The molecule has 0 radical (unpaired) electrons. The smallest absolute Gasteiger partial charge is 0.487 e. The summed E-state index contributed by atoms with van der Waals surface area (Å²) in [4.78, 5) is 25.4. The Hall–Kier alpha value is -4.01. The maximum atomic E-state index is 13.4. The van der Waals surface area contributed by atoms with Crippen LogP contribution in [-0.2, 0) is 11.4 Å². The van der Waals surface area contributed by atoms with E-state index < -0.39 is 24.3 Å². The molecular weight excluding hydrogens is 523 g/mol. The number of allylic oxidation sites excluding steroid dienone is 1. The van der Waals surface area contributed by atoms with E-state index in [1.54, 1.807) is 24.3 Å². The Morgan fingerprint density at radius 2 is 1.80 bits per heavy atom. The van der Waals surface area contributed by atoms with E-state index in [0.717, 1.165) is 24.6 Å². The van der Waals surface area contributed by atoms with E-state index in [-0.39, 0.29) is 23.7 Å². The Kier molecular flexibility index (Phi) is 9.02. The number of alkyl halides is 3. The molecule has 1 aliphatic carbocycles. The number of carboxylic acid groups (broad SMARTS) is 1. The van der Waals surface area contributed by atoms with E-state index in [1.807, 2.05) is 12.1 Å². The van der Waals surface area contributed by atoms with Gasteiger partial charge in [-0.25, -0.2) is 4.79 Å². The molecule has 0 saturated heterocycles. The van der Waals surface area contributed by atoms with Crippen molar-refractivity contribution >= 4 is 22.6 Å².